The quantitative estimate of drug-likeness (QED) is 0.828. The molecule has 0 saturated carbocycles. The summed E-state index contributed by atoms with van der Waals surface area (Å²) in [6, 6.07) is 15.2. The molecule has 0 radical (unpaired) electrons. The fourth-order valence-electron chi connectivity index (χ4n) is 2.30. The molecule has 0 aliphatic rings. The first-order chi connectivity index (χ1) is 11.5. The van der Waals surface area contributed by atoms with Crippen LogP contribution in [0.2, 0.25) is 5.02 Å². The van der Waals surface area contributed by atoms with Crippen molar-refractivity contribution in [2.24, 2.45) is 5.92 Å². The standard InChI is InChI=1S/C19H21ClN2O2/c1-13(2)12-17(19(24)21-16-6-4-3-5-7-16)22-18(23)14-8-10-15(20)11-9-14/h3-11,13,17H,12H2,1-2H3,(H,21,24)(H,22,23)/t17-/m1/s1. The van der Waals surface area contributed by atoms with Gasteiger partial charge in [-0.3, -0.25) is 9.59 Å². The highest BCUT2D eigenvalue weighted by Crippen LogP contribution is 2.13. The lowest BCUT2D eigenvalue weighted by Crippen LogP contribution is -2.44. The van der Waals surface area contributed by atoms with Crippen LogP contribution in [0.15, 0.2) is 54.6 Å². The predicted molar refractivity (Wildman–Crippen MR) is 97.2 cm³/mol. The van der Waals surface area contributed by atoms with Gasteiger partial charge in [0.05, 0.1) is 0 Å². The zero-order valence-electron chi connectivity index (χ0n) is 13.8. The zero-order valence-corrected chi connectivity index (χ0v) is 14.5. The minimum atomic E-state index is -0.603. The van der Waals surface area contributed by atoms with Crippen molar-refractivity contribution in [3.05, 3.63) is 65.2 Å². The first kappa shape index (κ1) is 18.0. The second-order valence-corrected chi connectivity index (χ2v) is 6.45. The number of nitrogens with one attached hydrogen (secondary N) is 2. The van der Waals surface area contributed by atoms with Crippen LogP contribution in [0.25, 0.3) is 0 Å². The van der Waals surface area contributed by atoms with E-state index in [9.17, 15) is 9.59 Å². The molecule has 0 bridgehead atoms. The Bertz CT molecular complexity index is 684. The van der Waals surface area contributed by atoms with Gasteiger partial charge in [-0.05, 0) is 48.7 Å². The van der Waals surface area contributed by atoms with E-state index in [1.807, 2.05) is 44.2 Å². The molecule has 4 nitrogen and oxygen atoms in total. The molecule has 0 fully saturated rings. The maximum absolute atomic E-state index is 12.5. The van der Waals surface area contributed by atoms with Gasteiger partial charge < -0.3 is 10.6 Å². The molecule has 0 saturated heterocycles. The van der Waals surface area contributed by atoms with Crippen LogP contribution < -0.4 is 10.6 Å². The summed E-state index contributed by atoms with van der Waals surface area (Å²) in [5.41, 5.74) is 1.18. The number of amides is 2. The molecule has 1 atom stereocenters. The number of para-hydroxylation sites is 1. The SMILES string of the molecule is CC(C)C[C@@H](NC(=O)c1ccc(Cl)cc1)C(=O)Nc1ccccc1. The highest BCUT2D eigenvalue weighted by atomic mass is 35.5. The maximum atomic E-state index is 12.5. The summed E-state index contributed by atoms with van der Waals surface area (Å²) in [6.07, 6.45) is 0.554. The van der Waals surface area contributed by atoms with Gasteiger partial charge in [-0.2, -0.15) is 0 Å². The van der Waals surface area contributed by atoms with E-state index < -0.39 is 6.04 Å². The molecule has 2 aromatic rings. The number of carbonyl (C=O) groups is 2. The van der Waals surface area contributed by atoms with Crippen molar-refractivity contribution in [2.45, 2.75) is 26.3 Å². The van der Waals surface area contributed by atoms with Crippen molar-refractivity contribution in [3.8, 4) is 0 Å². The zero-order chi connectivity index (χ0) is 17.5. The van der Waals surface area contributed by atoms with E-state index in [0.717, 1.165) is 0 Å². The molecule has 2 N–H and O–H groups in total. The molecule has 0 spiro atoms. The Morgan fingerprint density at radius 1 is 1.00 bits per heavy atom. The van der Waals surface area contributed by atoms with Crippen molar-refractivity contribution >= 4 is 29.1 Å². The largest absolute Gasteiger partial charge is 0.340 e. The third-order valence-electron chi connectivity index (χ3n) is 3.48. The minimum Gasteiger partial charge on any atom is -0.340 e. The first-order valence-corrected chi connectivity index (χ1v) is 8.26. The Kier molecular flexibility index (Phi) is 6.38. The van der Waals surface area contributed by atoms with Crippen LogP contribution in [0.4, 0.5) is 5.69 Å². The van der Waals surface area contributed by atoms with Gasteiger partial charge in [0, 0.05) is 16.3 Å². The highest BCUT2D eigenvalue weighted by molar-refractivity contribution is 6.30. The summed E-state index contributed by atoms with van der Waals surface area (Å²) in [7, 11) is 0. The Labute approximate surface area is 147 Å². The average Bonchev–Trinajstić information content (AvgIpc) is 2.55. The number of halogens is 1. The van der Waals surface area contributed by atoms with E-state index in [1.165, 1.54) is 0 Å². The van der Waals surface area contributed by atoms with Gasteiger partial charge in [0.15, 0.2) is 0 Å². The van der Waals surface area contributed by atoms with Crippen LogP contribution in [-0.2, 0) is 4.79 Å². The van der Waals surface area contributed by atoms with E-state index in [2.05, 4.69) is 10.6 Å². The monoisotopic (exact) mass is 344 g/mol. The molecule has 24 heavy (non-hydrogen) atoms. The molecule has 126 valence electrons. The summed E-state index contributed by atoms with van der Waals surface area (Å²) >= 11 is 5.84. The molecule has 5 heteroatoms. The van der Waals surface area contributed by atoms with Crippen LogP contribution in [0.5, 0.6) is 0 Å². The number of carbonyl (C=O) groups excluding carboxylic acids is 2. The lowest BCUT2D eigenvalue weighted by Gasteiger charge is -2.20. The molecule has 2 rings (SSSR count). The van der Waals surface area contributed by atoms with Gasteiger partial charge in [-0.1, -0.05) is 43.6 Å². The van der Waals surface area contributed by atoms with Crippen molar-refractivity contribution in [2.75, 3.05) is 5.32 Å². The van der Waals surface area contributed by atoms with Crippen molar-refractivity contribution in [1.82, 2.24) is 5.32 Å². The molecule has 2 amide bonds. The second kappa shape index (κ2) is 8.50. The van der Waals surface area contributed by atoms with Crippen LogP contribution in [-0.4, -0.2) is 17.9 Å². The van der Waals surface area contributed by atoms with Gasteiger partial charge in [-0.25, -0.2) is 0 Å². The third-order valence-corrected chi connectivity index (χ3v) is 3.73. The fraction of sp³-hybridized carbons (Fsp3) is 0.263. The van der Waals surface area contributed by atoms with Crippen LogP contribution >= 0.6 is 11.6 Å². The maximum Gasteiger partial charge on any atom is 0.251 e. The summed E-state index contributed by atoms with van der Waals surface area (Å²) in [6.45, 7) is 4.02. The van der Waals surface area contributed by atoms with Crippen LogP contribution in [0.3, 0.4) is 0 Å². The molecule has 0 aromatic heterocycles. The normalized spacial score (nSPS) is 11.8. The molecule has 0 heterocycles. The van der Waals surface area contributed by atoms with Gasteiger partial charge in [0.1, 0.15) is 6.04 Å². The van der Waals surface area contributed by atoms with Gasteiger partial charge in [0.2, 0.25) is 5.91 Å². The molecule has 0 unspecified atom stereocenters. The van der Waals surface area contributed by atoms with Crippen molar-refractivity contribution in [1.29, 1.82) is 0 Å². The van der Waals surface area contributed by atoms with Gasteiger partial charge in [-0.15, -0.1) is 0 Å². The number of hydrogen-bond donors (Lipinski definition) is 2. The van der Waals surface area contributed by atoms with Gasteiger partial charge in [0.25, 0.3) is 5.91 Å². The van der Waals surface area contributed by atoms with E-state index in [1.54, 1.807) is 24.3 Å². The Morgan fingerprint density at radius 3 is 2.21 bits per heavy atom. The lowest BCUT2D eigenvalue weighted by atomic mass is 10.0. The second-order valence-electron chi connectivity index (χ2n) is 6.02. The number of rotatable bonds is 6. The molecule has 0 aliphatic carbocycles. The molecule has 2 aromatic carbocycles. The van der Waals surface area contributed by atoms with E-state index in [0.29, 0.717) is 22.7 Å². The van der Waals surface area contributed by atoms with E-state index >= 15 is 0 Å². The number of hydrogen-bond acceptors (Lipinski definition) is 2. The number of anilines is 1. The third kappa shape index (κ3) is 5.39. The fourth-order valence-corrected chi connectivity index (χ4v) is 2.42. The average molecular weight is 345 g/mol. The van der Waals surface area contributed by atoms with Crippen LogP contribution in [0.1, 0.15) is 30.6 Å². The smallest absolute Gasteiger partial charge is 0.251 e. The Hall–Kier alpha value is -2.33. The van der Waals surface area contributed by atoms with E-state index in [4.69, 9.17) is 11.6 Å². The minimum absolute atomic E-state index is 0.225. The highest BCUT2D eigenvalue weighted by Gasteiger charge is 2.22. The molecular weight excluding hydrogens is 324 g/mol. The predicted octanol–water partition coefficient (Wildman–Crippen LogP) is 4.12. The summed E-state index contributed by atoms with van der Waals surface area (Å²) in [5, 5.41) is 6.21. The van der Waals surface area contributed by atoms with E-state index in [-0.39, 0.29) is 17.7 Å². The summed E-state index contributed by atoms with van der Waals surface area (Å²) in [5.74, 6) is -0.250. The molecular formula is C19H21ClN2O2. The Balaban J connectivity index is 2.08. The summed E-state index contributed by atoms with van der Waals surface area (Å²) < 4.78 is 0. The van der Waals surface area contributed by atoms with Gasteiger partial charge >= 0.3 is 0 Å². The molecule has 0 aliphatic heterocycles. The Morgan fingerprint density at radius 2 is 1.62 bits per heavy atom. The van der Waals surface area contributed by atoms with Crippen LogP contribution in [0, 0.1) is 5.92 Å². The van der Waals surface area contributed by atoms with Crippen molar-refractivity contribution in [3.63, 3.8) is 0 Å². The lowest BCUT2D eigenvalue weighted by molar-refractivity contribution is -0.118. The number of benzene rings is 2. The van der Waals surface area contributed by atoms with Crippen molar-refractivity contribution < 1.29 is 9.59 Å². The first-order valence-electron chi connectivity index (χ1n) is 7.88. The summed E-state index contributed by atoms with van der Waals surface area (Å²) in [4.78, 5) is 24.9. The topological polar surface area (TPSA) is 58.2 Å².